The van der Waals surface area contributed by atoms with Crippen LogP contribution in [0.25, 0.3) is 0 Å². The molecule has 0 bridgehead atoms. The maximum absolute atomic E-state index is 12.2. The van der Waals surface area contributed by atoms with Gasteiger partial charge in [0.05, 0.1) is 0 Å². The molecule has 0 heterocycles. The summed E-state index contributed by atoms with van der Waals surface area (Å²) in [6.07, 6.45) is 9.65. The molecular formula is C24H44BFNO3. The highest BCUT2D eigenvalue weighted by molar-refractivity contribution is 6.25. The van der Waals surface area contributed by atoms with E-state index in [2.05, 4.69) is 13.8 Å². The van der Waals surface area contributed by atoms with Crippen LogP contribution in [-0.4, -0.2) is 29.1 Å². The molecule has 0 amide bonds. The summed E-state index contributed by atoms with van der Waals surface area (Å²) >= 11 is 0. The largest absolute Gasteiger partial charge is 0.480 e. The number of nitrogens with two attached hydrogens (primary N) is 1. The second kappa shape index (κ2) is 19.6. The molecule has 0 aromatic heterocycles. The van der Waals surface area contributed by atoms with E-state index in [9.17, 15) is 9.18 Å². The van der Waals surface area contributed by atoms with Gasteiger partial charge < -0.3 is 15.9 Å². The second-order valence-corrected chi connectivity index (χ2v) is 7.38. The number of halogens is 1. The standard InChI is InChI=1S/C9H17BNO3.C8H9F.C5H12.C2H6/c11-9(8(12)13)5-1-3-7(9)4-2-6-10-14;1-2-7-3-5-8(9)6-4-7;1-3-5-4-2;1-2/h7,14H,1-6,11H2,(H,12,13);3-6H,2H2,1H3;3-5H2,1-2H3;1-2H3/t7-,9+;;;/m1.../s1. The molecule has 1 fully saturated rings. The molecule has 2 atom stereocenters. The molecule has 1 aromatic rings. The van der Waals surface area contributed by atoms with Crippen molar-refractivity contribution in [2.24, 2.45) is 11.7 Å². The normalized spacial score (nSPS) is 19.3. The van der Waals surface area contributed by atoms with Crippen molar-refractivity contribution in [1.82, 2.24) is 0 Å². The van der Waals surface area contributed by atoms with Gasteiger partial charge in [-0.3, -0.25) is 4.79 Å². The van der Waals surface area contributed by atoms with Crippen molar-refractivity contribution in [1.29, 1.82) is 0 Å². The molecular weight excluding hydrogens is 380 g/mol. The van der Waals surface area contributed by atoms with E-state index >= 15 is 0 Å². The van der Waals surface area contributed by atoms with Gasteiger partial charge in [0.2, 0.25) is 0 Å². The third kappa shape index (κ3) is 13.0. The minimum absolute atomic E-state index is 0.0694. The molecule has 0 aliphatic heterocycles. The zero-order valence-electron chi connectivity index (χ0n) is 19.8. The Morgan fingerprint density at radius 1 is 1.17 bits per heavy atom. The minimum Gasteiger partial charge on any atom is -0.480 e. The summed E-state index contributed by atoms with van der Waals surface area (Å²) in [6.45, 7) is 10.5. The summed E-state index contributed by atoms with van der Waals surface area (Å²) in [5, 5.41) is 17.5. The number of rotatable bonds is 8. The van der Waals surface area contributed by atoms with Crippen LogP contribution < -0.4 is 5.73 Å². The summed E-state index contributed by atoms with van der Waals surface area (Å²) in [5.74, 6) is -0.972. The first-order valence-corrected chi connectivity index (χ1v) is 11.6. The van der Waals surface area contributed by atoms with Crippen molar-refractivity contribution < 1.29 is 19.3 Å². The van der Waals surface area contributed by atoms with E-state index in [0.29, 0.717) is 12.7 Å². The van der Waals surface area contributed by atoms with Crippen LogP contribution in [0.4, 0.5) is 4.39 Å². The average Bonchev–Trinajstić information content (AvgIpc) is 3.14. The molecule has 1 saturated carbocycles. The number of hydrogen-bond acceptors (Lipinski definition) is 3. The fourth-order valence-corrected chi connectivity index (χ4v) is 3.32. The Kier molecular flexibility index (Phi) is 20.1. The van der Waals surface area contributed by atoms with Crippen LogP contribution in [0.3, 0.4) is 0 Å². The summed E-state index contributed by atoms with van der Waals surface area (Å²) in [4.78, 5) is 11.0. The molecule has 30 heavy (non-hydrogen) atoms. The fourth-order valence-electron chi connectivity index (χ4n) is 3.32. The Hall–Kier alpha value is -1.40. The number of aliphatic carboxylic acids is 1. The Bertz CT molecular complexity index is 526. The molecule has 2 rings (SSSR count). The lowest BCUT2D eigenvalue weighted by atomic mass is 9.82. The maximum atomic E-state index is 12.2. The van der Waals surface area contributed by atoms with Gasteiger partial charge in [-0.15, -0.1) is 0 Å². The minimum atomic E-state index is -1.02. The van der Waals surface area contributed by atoms with Gasteiger partial charge in [-0.25, -0.2) is 4.39 Å². The molecule has 0 unspecified atom stereocenters. The summed E-state index contributed by atoms with van der Waals surface area (Å²) in [5.41, 5.74) is 6.01. The molecule has 4 nitrogen and oxygen atoms in total. The monoisotopic (exact) mass is 424 g/mol. The molecule has 173 valence electrons. The summed E-state index contributed by atoms with van der Waals surface area (Å²) in [6, 6.07) is 6.57. The van der Waals surface area contributed by atoms with E-state index in [1.54, 1.807) is 12.1 Å². The van der Waals surface area contributed by atoms with Crippen LogP contribution in [0.15, 0.2) is 24.3 Å². The van der Waals surface area contributed by atoms with Gasteiger partial charge in [0.15, 0.2) is 0 Å². The highest BCUT2D eigenvalue weighted by atomic mass is 19.1. The molecule has 1 radical (unpaired) electrons. The Morgan fingerprint density at radius 2 is 1.73 bits per heavy atom. The number of unbranched alkanes of at least 4 members (excludes halogenated alkanes) is 2. The van der Waals surface area contributed by atoms with Gasteiger partial charge >= 0.3 is 5.97 Å². The highest BCUT2D eigenvalue weighted by Crippen LogP contribution is 2.37. The van der Waals surface area contributed by atoms with E-state index in [1.165, 1.54) is 37.0 Å². The third-order valence-corrected chi connectivity index (χ3v) is 5.18. The van der Waals surface area contributed by atoms with E-state index in [4.69, 9.17) is 15.9 Å². The van der Waals surface area contributed by atoms with Crippen molar-refractivity contribution in [3.05, 3.63) is 35.6 Å². The van der Waals surface area contributed by atoms with Gasteiger partial charge in [-0.05, 0) is 49.3 Å². The smallest absolute Gasteiger partial charge is 0.323 e. The summed E-state index contributed by atoms with van der Waals surface area (Å²) < 4.78 is 12.2. The van der Waals surface area contributed by atoms with Gasteiger partial charge in [-0.1, -0.05) is 85.2 Å². The number of benzene rings is 1. The second-order valence-electron chi connectivity index (χ2n) is 7.38. The topological polar surface area (TPSA) is 83.6 Å². The number of hydrogen-bond donors (Lipinski definition) is 3. The highest BCUT2D eigenvalue weighted by Gasteiger charge is 2.45. The number of carbonyl (C=O) groups is 1. The molecule has 4 N–H and O–H groups in total. The molecule has 1 aliphatic carbocycles. The summed E-state index contributed by atoms with van der Waals surface area (Å²) in [7, 11) is 1.12. The Balaban J connectivity index is 0. The molecule has 0 saturated heterocycles. The van der Waals surface area contributed by atoms with Crippen molar-refractivity contribution >= 4 is 13.5 Å². The lowest BCUT2D eigenvalue weighted by Crippen LogP contribution is -2.50. The first-order valence-electron chi connectivity index (χ1n) is 11.6. The van der Waals surface area contributed by atoms with Crippen LogP contribution in [-0.2, 0) is 11.2 Å². The van der Waals surface area contributed by atoms with Crippen molar-refractivity contribution in [2.45, 2.75) is 104 Å². The molecule has 1 aliphatic rings. The number of carboxylic acids is 1. The van der Waals surface area contributed by atoms with Gasteiger partial charge in [0.1, 0.15) is 11.4 Å². The van der Waals surface area contributed by atoms with Crippen LogP contribution in [0.1, 0.15) is 91.5 Å². The zero-order chi connectivity index (χ0) is 23.4. The fraction of sp³-hybridized carbons (Fsp3) is 0.708. The predicted octanol–water partition coefficient (Wildman–Crippen LogP) is 5.99. The van der Waals surface area contributed by atoms with E-state index in [1.807, 2.05) is 20.8 Å². The molecule has 1 aromatic carbocycles. The average molecular weight is 424 g/mol. The zero-order valence-corrected chi connectivity index (χ0v) is 19.8. The van der Waals surface area contributed by atoms with Crippen LogP contribution in [0.5, 0.6) is 0 Å². The quantitative estimate of drug-likeness (QED) is 0.354. The SMILES string of the molecule is CC.CCCCC.CCc1ccc(F)cc1.N[C@@]1(C(=O)O)CCC[C@@H]1CCC[B]O. The lowest BCUT2D eigenvalue weighted by Gasteiger charge is -2.26. The van der Waals surface area contributed by atoms with Gasteiger partial charge in [0, 0.05) is 0 Å². The third-order valence-electron chi connectivity index (χ3n) is 5.18. The van der Waals surface area contributed by atoms with Gasteiger partial charge in [-0.2, -0.15) is 0 Å². The number of aryl methyl sites for hydroxylation is 1. The predicted molar refractivity (Wildman–Crippen MR) is 126 cm³/mol. The lowest BCUT2D eigenvalue weighted by molar-refractivity contribution is -0.144. The Labute approximate surface area is 184 Å². The van der Waals surface area contributed by atoms with Crippen LogP contribution in [0.2, 0.25) is 6.32 Å². The first-order chi connectivity index (χ1) is 14.3. The van der Waals surface area contributed by atoms with E-state index in [0.717, 1.165) is 39.6 Å². The molecule has 0 spiro atoms. The van der Waals surface area contributed by atoms with Crippen molar-refractivity contribution in [3.63, 3.8) is 0 Å². The van der Waals surface area contributed by atoms with Gasteiger partial charge in [0.25, 0.3) is 7.48 Å². The van der Waals surface area contributed by atoms with E-state index in [-0.39, 0.29) is 11.7 Å². The Morgan fingerprint density at radius 3 is 2.13 bits per heavy atom. The van der Waals surface area contributed by atoms with Crippen molar-refractivity contribution in [2.75, 3.05) is 0 Å². The van der Waals surface area contributed by atoms with Crippen LogP contribution in [0, 0.1) is 11.7 Å². The van der Waals surface area contributed by atoms with E-state index < -0.39 is 11.5 Å². The first kappa shape index (κ1) is 30.8. The van der Waals surface area contributed by atoms with Crippen LogP contribution >= 0.6 is 0 Å². The van der Waals surface area contributed by atoms with Crippen molar-refractivity contribution in [3.8, 4) is 0 Å². The number of carboxylic acid groups (broad SMARTS) is 1. The molecule has 6 heteroatoms. The maximum Gasteiger partial charge on any atom is 0.323 e.